The summed E-state index contributed by atoms with van der Waals surface area (Å²) in [5, 5.41) is 1.09. The Morgan fingerprint density at radius 1 is 1.50 bits per heavy atom. The van der Waals surface area contributed by atoms with E-state index in [1.807, 2.05) is 25.1 Å². The van der Waals surface area contributed by atoms with Crippen molar-refractivity contribution in [3.8, 4) is 0 Å². The van der Waals surface area contributed by atoms with Gasteiger partial charge in [0.05, 0.1) is 19.7 Å². The molecule has 1 aromatic heterocycles. The molecule has 3 N–H and O–H groups in total. The minimum Gasteiger partial charge on any atom is -0.450 e. The molecule has 18 heavy (non-hydrogen) atoms. The number of nitrogen functional groups attached to an aromatic ring is 1. The number of anilines is 1. The molecule has 0 bridgehead atoms. The van der Waals surface area contributed by atoms with E-state index in [2.05, 4.69) is 4.98 Å². The molecule has 2 heterocycles. The van der Waals surface area contributed by atoms with Gasteiger partial charge in [-0.2, -0.15) is 0 Å². The fourth-order valence-corrected chi connectivity index (χ4v) is 2.42. The maximum absolute atomic E-state index is 11.7. The number of amides is 1. The molecule has 5 nitrogen and oxygen atoms in total. The summed E-state index contributed by atoms with van der Waals surface area (Å²) in [4.78, 5) is 16.7. The Labute approximate surface area is 105 Å². The van der Waals surface area contributed by atoms with Gasteiger partial charge in [-0.15, -0.1) is 0 Å². The van der Waals surface area contributed by atoms with Crippen molar-refractivity contribution in [1.29, 1.82) is 0 Å². The monoisotopic (exact) mass is 245 g/mol. The van der Waals surface area contributed by atoms with Crippen LogP contribution in [0, 0.1) is 0 Å². The highest BCUT2D eigenvalue weighted by Crippen LogP contribution is 2.31. The van der Waals surface area contributed by atoms with Crippen LogP contribution >= 0.6 is 0 Å². The number of aromatic nitrogens is 1. The lowest BCUT2D eigenvalue weighted by molar-refractivity contribution is 0.106. The van der Waals surface area contributed by atoms with Gasteiger partial charge in [0.15, 0.2) is 0 Å². The summed E-state index contributed by atoms with van der Waals surface area (Å²) in [6, 6.07) is 5.79. The second-order valence-corrected chi connectivity index (χ2v) is 4.44. The van der Waals surface area contributed by atoms with Crippen LogP contribution in [0.25, 0.3) is 10.9 Å². The number of benzene rings is 1. The minimum absolute atomic E-state index is 0.265. The summed E-state index contributed by atoms with van der Waals surface area (Å²) in [6.45, 7) is 3.36. The van der Waals surface area contributed by atoms with Gasteiger partial charge in [0.1, 0.15) is 0 Å². The van der Waals surface area contributed by atoms with Gasteiger partial charge in [-0.05, 0) is 25.1 Å². The third kappa shape index (κ3) is 1.59. The van der Waals surface area contributed by atoms with Crippen LogP contribution in [-0.2, 0) is 17.8 Å². The van der Waals surface area contributed by atoms with Crippen LogP contribution in [0.15, 0.2) is 18.2 Å². The Balaban J connectivity index is 1.94. The highest BCUT2D eigenvalue weighted by molar-refractivity contribution is 5.88. The van der Waals surface area contributed by atoms with Crippen molar-refractivity contribution >= 4 is 22.7 Å². The lowest BCUT2D eigenvalue weighted by atomic mass is 10.1. The Bertz CT molecular complexity index is 618. The second kappa shape index (κ2) is 3.94. The number of nitrogens with two attached hydrogens (primary N) is 1. The maximum atomic E-state index is 11.7. The molecule has 5 heteroatoms. The van der Waals surface area contributed by atoms with Gasteiger partial charge in [0.2, 0.25) is 0 Å². The zero-order chi connectivity index (χ0) is 12.7. The van der Waals surface area contributed by atoms with Gasteiger partial charge in [-0.1, -0.05) is 0 Å². The van der Waals surface area contributed by atoms with E-state index in [1.54, 1.807) is 4.90 Å². The SMILES string of the molecule is CCOC(=O)N1Cc2[nH]c3ccc(N)cc3c2C1. The first-order chi connectivity index (χ1) is 8.69. The smallest absolute Gasteiger partial charge is 0.410 e. The molecule has 0 aliphatic carbocycles. The maximum Gasteiger partial charge on any atom is 0.410 e. The average molecular weight is 245 g/mol. The number of aromatic amines is 1. The van der Waals surface area contributed by atoms with Crippen molar-refractivity contribution in [2.45, 2.75) is 20.0 Å². The molecule has 1 amide bonds. The summed E-state index contributed by atoms with van der Waals surface area (Å²) in [5.41, 5.74) is 9.82. The number of nitrogens with one attached hydrogen (secondary N) is 1. The third-order valence-corrected chi connectivity index (χ3v) is 3.24. The standard InChI is InChI=1S/C13H15N3O2/c1-2-18-13(17)16-6-10-9-5-8(14)3-4-11(9)15-12(10)7-16/h3-5,15H,2,6-7,14H2,1H3. The Morgan fingerprint density at radius 2 is 2.33 bits per heavy atom. The lowest BCUT2D eigenvalue weighted by Gasteiger charge is -2.14. The topological polar surface area (TPSA) is 71.3 Å². The number of ether oxygens (including phenoxy) is 1. The number of carbonyl (C=O) groups excluding carboxylic acids is 1. The molecule has 94 valence electrons. The summed E-state index contributed by atoms with van der Waals surface area (Å²) in [7, 11) is 0. The molecule has 0 atom stereocenters. The normalized spacial score (nSPS) is 13.9. The molecule has 0 saturated carbocycles. The van der Waals surface area contributed by atoms with E-state index in [4.69, 9.17) is 10.5 Å². The Morgan fingerprint density at radius 3 is 3.11 bits per heavy atom. The third-order valence-electron chi connectivity index (χ3n) is 3.24. The number of hydrogen-bond donors (Lipinski definition) is 2. The van der Waals surface area contributed by atoms with Crippen LogP contribution in [0.4, 0.5) is 10.5 Å². The van der Waals surface area contributed by atoms with E-state index in [-0.39, 0.29) is 6.09 Å². The highest BCUT2D eigenvalue weighted by atomic mass is 16.6. The van der Waals surface area contributed by atoms with Crippen molar-refractivity contribution < 1.29 is 9.53 Å². The first-order valence-corrected chi connectivity index (χ1v) is 5.99. The van der Waals surface area contributed by atoms with Crippen molar-refractivity contribution in [2.75, 3.05) is 12.3 Å². The molecule has 0 fully saturated rings. The first-order valence-electron chi connectivity index (χ1n) is 5.99. The number of nitrogens with zero attached hydrogens (tertiary/aromatic N) is 1. The van der Waals surface area contributed by atoms with E-state index in [0.29, 0.717) is 19.7 Å². The fraction of sp³-hybridized carbons (Fsp3) is 0.308. The minimum atomic E-state index is -0.265. The number of hydrogen-bond acceptors (Lipinski definition) is 3. The van der Waals surface area contributed by atoms with Crippen LogP contribution in [0.5, 0.6) is 0 Å². The zero-order valence-electron chi connectivity index (χ0n) is 10.2. The molecule has 1 aliphatic heterocycles. The van der Waals surface area contributed by atoms with E-state index in [1.165, 1.54) is 0 Å². The number of carbonyl (C=O) groups is 1. The average Bonchev–Trinajstić information content (AvgIpc) is 2.87. The van der Waals surface area contributed by atoms with Crippen LogP contribution in [0.1, 0.15) is 18.2 Å². The molecule has 1 aromatic carbocycles. The highest BCUT2D eigenvalue weighted by Gasteiger charge is 2.27. The van der Waals surface area contributed by atoms with Crippen LogP contribution in [-0.4, -0.2) is 22.6 Å². The molecular weight excluding hydrogens is 230 g/mol. The van der Waals surface area contributed by atoms with E-state index in [0.717, 1.165) is 27.8 Å². The van der Waals surface area contributed by atoms with Gasteiger partial charge >= 0.3 is 6.09 Å². The molecular formula is C13H15N3O2. The van der Waals surface area contributed by atoms with E-state index >= 15 is 0 Å². The Kier molecular flexibility index (Phi) is 2.40. The van der Waals surface area contributed by atoms with Gasteiger partial charge in [-0.3, -0.25) is 4.90 Å². The van der Waals surface area contributed by atoms with E-state index < -0.39 is 0 Å². The molecule has 0 radical (unpaired) electrons. The lowest BCUT2D eigenvalue weighted by Crippen LogP contribution is -2.26. The van der Waals surface area contributed by atoms with Crippen molar-refractivity contribution in [1.82, 2.24) is 9.88 Å². The molecule has 3 rings (SSSR count). The predicted octanol–water partition coefficient (Wildman–Crippen LogP) is 2.22. The quantitative estimate of drug-likeness (QED) is 0.757. The van der Waals surface area contributed by atoms with Crippen LogP contribution < -0.4 is 5.73 Å². The predicted molar refractivity (Wildman–Crippen MR) is 69.0 cm³/mol. The molecule has 0 spiro atoms. The van der Waals surface area contributed by atoms with Gasteiger partial charge in [-0.25, -0.2) is 4.79 Å². The first kappa shape index (κ1) is 11.0. The van der Waals surface area contributed by atoms with E-state index in [9.17, 15) is 4.79 Å². The number of H-pyrrole nitrogens is 1. The van der Waals surface area contributed by atoms with Gasteiger partial charge < -0.3 is 15.5 Å². The van der Waals surface area contributed by atoms with Gasteiger partial charge in [0.25, 0.3) is 0 Å². The summed E-state index contributed by atoms with van der Waals surface area (Å²) >= 11 is 0. The van der Waals surface area contributed by atoms with Crippen molar-refractivity contribution in [2.24, 2.45) is 0 Å². The fourth-order valence-electron chi connectivity index (χ4n) is 2.42. The van der Waals surface area contributed by atoms with Crippen LogP contribution in [0.3, 0.4) is 0 Å². The van der Waals surface area contributed by atoms with Crippen molar-refractivity contribution in [3.63, 3.8) is 0 Å². The van der Waals surface area contributed by atoms with Crippen molar-refractivity contribution in [3.05, 3.63) is 29.5 Å². The number of rotatable bonds is 1. The summed E-state index contributed by atoms with van der Waals surface area (Å²) in [5.74, 6) is 0. The summed E-state index contributed by atoms with van der Waals surface area (Å²) in [6.07, 6.45) is -0.265. The van der Waals surface area contributed by atoms with Crippen LogP contribution in [0.2, 0.25) is 0 Å². The largest absolute Gasteiger partial charge is 0.450 e. The molecule has 1 aliphatic rings. The second-order valence-electron chi connectivity index (χ2n) is 4.44. The molecule has 2 aromatic rings. The van der Waals surface area contributed by atoms with Gasteiger partial charge in [0, 0.05) is 27.8 Å². The number of fused-ring (bicyclic) bond motifs is 3. The molecule has 0 saturated heterocycles. The zero-order valence-corrected chi connectivity index (χ0v) is 10.2. The Hall–Kier alpha value is -2.17. The molecule has 0 unspecified atom stereocenters. The summed E-state index contributed by atoms with van der Waals surface area (Å²) < 4.78 is 5.01.